The van der Waals surface area contributed by atoms with Gasteiger partial charge in [-0.15, -0.1) is 0 Å². The van der Waals surface area contributed by atoms with Gasteiger partial charge in [-0.25, -0.2) is 0 Å². The summed E-state index contributed by atoms with van der Waals surface area (Å²) in [4.78, 5) is 2.25. The van der Waals surface area contributed by atoms with Gasteiger partial charge in [0.25, 0.3) is 0 Å². The topological polar surface area (TPSA) is 24.5 Å². The van der Waals surface area contributed by atoms with Gasteiger partial charge >= 0.3 is 0 Å². The van der Waals surface area contributed by atoms with Gasteiger partial charge in [-0.1, -0.05) is 0 Å². The molecule has 1 saturated heterocycles. The van der Waals surface area contributed by atoms with Crippen molar-refractivity contribution in [2.75, 3.05) is 33.8 Å². The molecule has 9 heavy (non-hydrogen) atoms. The van der Waals surface area contributed by atoms with Crippen LogP contribution in [-0.2, 0) is 4.74 Å². The number of methoxy groups -OCH3 is 1. The quantitative estimate of drug-likeness (QED) is 0.517. The van der Waals surface area contributed by atoms with Crippen LogP contribution in [0, 0.1) is 0 Å². The molecule has 1 N–H and O–H groups in total. The third kappa shape index (κ3) is 1.93. The summed E-state index contributed by atoms with van der Waals surface area (Å²) in [7, 11) is 3.84. The lowest BCUT2D eigenvalue weighted by Crippen LogP contribution is -2.49. The number of hydrogen-bond donors (Lipinski definition) is 1. The first-order chi connectivity index (χ1) is 4.33. The lowest BCUT2D eigenvalue weighted by Gasteiger charge is -2.29. The molecule has 1 heterocycles. The van der Waals surface area contributed by atoms with Crippen molar-refractivity contribution in [2.45, 2.75) is 6.23 Å². The number of rotatable bonds is 1. The van der Waals surface area contributed by atoms with Crippen LogP contribution in [0.4, 0.5) is 0 Å². The summed E-state index contributed by atoms with van der Waals surface area (Å²) in [5, 5.41) is 3.24. The maximum Gasteiger partial charge on any atom is 0.120 e. The SMILES string of the molecule is COC1CN(C)CCN1. The summed E-state index contributed by atoms with van der Waals surface area (Å²) in [6.07, 6.45) is 0.240. The predicted octanol–water partition coefficient (Wildman–Crippen LogP) is -0.506. The molecule has 0 radical (unpaired) electrons. The van der Waals surface area contributed by atoms with Crippen molar-refractivity contribution in [3.05, 3.63) is 0 Å². The van der Waals surface area contributed by atoms with Gasteiger partial charge in [-0.05, 0) is 7.05 Å². The number of nitrogens with one attached hydrogen (secondary N) is 1. The number of piperazine rings is 1. The van der Waals surface area contributed by atoms with E-state index in [4.69, 9.17) is 4.74 Å². The van der Waals surface area contributed by atoms with Gasteiger partial charge in [0.05, 0.1) is 0 Å². The Kier molecular flexibility index (Phi) is 2.45. The van der Waals surface area contributed by atoms with E-state index in [2.05, 4.69) is 17.3 Å². The van der Waals surface area contributed by atoms with E-state index in [1.165, 1.54) is 0 Å². The number of nitrogens with zero attached hydrogens (tertiary/aromatic N) is 1. The molecule has 1 aliphatic heterocycles. The Morgan fingerprint density at radius 3 is 2.89 bits per heavy atom. The Hall–Kier alpha value is -0.120. The van der Waals surface area contributed by atoms with Gasteiger partial charge < -0.3 is 9.64 Å². The van der Waals surface area contributed by atoms with Crippen LogP contribution in [0.15, 0.2) is 0 Å². The van der Waals surface area contributed by atoms with Crippen LogP contribution in [-0.4, -0.2) is 44.9 Å². The van der Waals surface area contributed by atoms with Gasteiger partial charge in [-0.2, -0.15) is 0 Å². The predicted molar refractivity (Wildman–Crippen MR) is 36.3 cm³/mol. The van der Waals surface area contributed by atoms with Gasteiger partial charge in [0.2, 0.25) is 0 Å². The minimum absolute atomic E-state index is 0.240. The zero-order valence-electron chi connectivity index (χ0n) is 6.05. The molecule has 0 aromatic heterocycles. The second kappa shape index (κ2) is 3.15. The Bertz CT molecular complexity index is 87.1. The minimum Gasteiger partial charge on any atom is -0.365 e. The highest BCUT2D eigenvalue weighted by Gasteiger charge is 2.13. The number of hydrogen-bond acceptors (Lipinski definition) is 3. The van der Waals surface area contributed by atoms with Crippen molar-refractivity contribution in [1.82, 2.24) is 10.2 Å². The third-order valence-corrected chi connectivity index (χ3v) is 1.63. The molecule has 3 nitrogen and oxygen atoms in total. The molecule has 1 aliphatic rings. The van der Waals surface area contributed by atoms with Gasteiger partial charge in [-0.3, -0.25) is 5.32 Å². The van der Waals surface area contributed by atoms with E-state index >= 15 is 0 Å². The molecule has 0 aliphatic carbocycles. The lowest BCUT2D eigenvalue weighted by molar-refractivity contribution is 0.0247. The van der Waals surface area contributed by atoms with Crippen LogP contribution in [0.2, 0.25) is 0 Å². The van der Waals surface area contributed by atoms with Crippen LogP contribution in [0.3, 0.4) is 0 Å². The smallest absolute Gasteiger partial charge is 0.120 e. The van der Waals surface area contributed by atoms with Gasteiger partial charge in [0, 0.05) is 26.7 Å². The monoisotopic (exact) mass is 130 g/mol. The first kappa shape index (κ1) is 6.99. The molecule has 0 amide bonds. The fraction of sp³-hybridized carbons (Fsp3) is 1.00. The van der Waals surface area contributed by atoms with Gasteiger partial charge in [0.1, 0.15) is 6.23 Å². The number of likely N-dealkylation sites (N-methyl/N-ethyl adjacent to an activating group) is 1. The molecule has 0 aromatic carbocycles. The Morgan fingerprint density at radius 2 is 2.44 bits per heavy atom. The van der Waals surface area contributed by atoms with E-state index in [9.17, 15) is 0 Å². The second-order valence-corrected chi connectivity index (χ2v) is 2.44. The number of ether oxygens (including phenoxy) is 1. The maximum absolute atomic E-state index is 5.11. The minimum atomic E-state index is 0.240. The van der Waals surface area contributed by atoms with E-state index in [1.54, 1.807) is 7.11 Å². The summed E-state index contributed by atoms with van der Waals surface area (Å²) in [6, 6.07) is 0. The molecule has 0 bridgehead atoms. The molecule has 1 fully saturated rings. The highest BCUT2D eigenvalue weighted by Crippen LogP contribution is 1.94. The highest BCUT2D eigenvalue weighted by atomic mass is 16.5. The van der Waals surface area contributed by atoms with Crippen molar-refractivity contribution in [3.63, 3.8) is 0 Å². The molecule has 0 spiro atoms. The van der Waals surface area contributed by atoms with E-state index < -0.39 is 0 Å². The van der Waals surface area contributed by atoms with Crippen LogP contribution in [0.1, 0.15) is 0 Å². The van der Waals surface area contributed by atoms with Crippen LogP contribution < -0.4 is 5.32 Å². The third-order valence-electron chi connectivity index (χ3n) is 1.63. The van der Waals surface area contributed by atoms with Crippen molar-refractivity contribution in [1.29, 1.82) is 0 Å². The Morgan fingerprint density at radius 1 is 1.67 bits per heavy atom. The first-order valence-electron chi connectivity index (χ1n) is 3.27. The molecule has 0 saturated carbocycles. The van der Waals surface area contributed by atoms with Gasteiger partial charge in [0.15, 0.2) is 0 Å². The van der Waals surface area contributed by atoms with E-state index in [0.29, 0.717) is 0 Å². The van der Waals surface area contributed by atoms with Crippen LogP contribution >= 0.6 is 0 Å². The summed E-state index contributed by atoms with van der Waals surface area (Å²) >= 11 is 0. The summed E-state index contributed by atoms with van der Waals surface area (Å²) in [5.74, 6) is 0. The average Bonchev–Trinajstić information content (AvgIpc) is 1.88. The normalized spacial score (nSPS) is 30.7. The fourth-order valence-corrected chi connectivity index (χ4v) is 1.01. The summed E-state index contributed by atoms with van der Waals surface area (Å²) < 4.78 is 5.11. The molecule has 1 atom stereocenters. The van der Waals surface area contributed by atoms with Crippen LogP contribution in [0.25, 0.3) is 0 Å². The van der Waals surface area contributed by atoms with Crippen molar-refractivity contribution < 1.29 is 4.74 Å². The molecule has 1 rings (SSSR count). The van der Waals surface area contributed by atoms with E-state index in [0.717, 1.165) is 19.6 Å². The highest BCUT2D eigenvalue weighted by molar-refractivity contribution is 4.68. The summed E-state index contributed by atoms with van der Waals surface area (Å²) in [6.45, 7) is 3.16. The molecular formula is C6H14N2O. The molecule has 1 unspecified atom stereocenters. The Labute approximate surface area is 56.0 Å². The maximum atomic E-state index is 5.11. The molecule has 54 valence electrons. The standard InChI is InChI=1S/C6H14N2O/c1-8-4-3-7-6(5-8)9-2/h6-7H,3-5H2,1-2H3. The zero-order valence-corrected chi connectivity index (χ0v) is 6.05. The van der Waals surface area contributed by atoms with Crippen molar-refractivity contribution in [3.8, 4) is 0 Å². The van der Waals surface area contributed by atoms with Crippen LogP contribution in [0.5, 0.6) is 0 Å². The Balaban J connectivity index is 2.23. The molecule has 0 aromatic rings. The average molecular weight is 130 g/mol. The second-order valence-electron chi connectivity index (χ2n) is 2.44. The summed E-state index contributed by atoms with van der Waals surface area (Å²) in [5.41, 5.74) is 0. The van der Waals surface area contributed by atoms with E-state index in [-0.39, 0.29) is 6.23 Å². The van der Waals surface area contributed by atoms with E-state index in [1.807, 2.05) is 0 Å². The fourth-order valence-electron chi connectivity index (χ4n) is 1.01. The lowest BCUT2D eigenvalue weighted by atomic mass is 10.4. The zero-order chi connectivity index (χ0) is 6.69. The molecule has 3 heteroatoms. The van der Waals surface area contributed by atoms with Crippen molar-refractivity contribution in [2.24, 2.45) is 0 Å². The largest absolute Gasteiger partial charge is 0.365 e. The van der Waals surface area contributed by atoms with Crippen molar-refractivity contribution >= 4 is 0 Å². The first-order valence-corrected chi connectivity index (χ1v) is 3.27. The molecular weight excluding hydrogens is 116 g/mol.